The summed E-state index contributed by atoms with van der Waals surface area (Å²) in [5, 5.41) is 58.6. The summed E-state index contributed by atoms with van der Waals surface area (Å²) in [6, 6.07) is 13.8. The molecule has 4 rings (SSSR count). The van der Waals surface area contributed by atoms with Crippen LogP contribution in [0.2, 0.25) is 0 Å². The number of rotatable bonds is 37. The fraction of sp³-hybridized carbons (Fsp3) is 0.621. The molecule has 4 aromatic carbocycles. The van der Waals surface area contributed by atoms with Gasteiger partial charge in [0.1, 0.15) is 0 Å². The van der Waals surface area contributed by atoms with Gasteiger partial charge in [-0.1, -0.05) is 217 Å². The molecular weight excluding hydrogens is 849 g/mol. The van der Waals surface area contributed by atoms with Gasteiger partial charge in [-0.3, -0.25) is 0 Å². The lowest BCUT2D eigenvalue weighted by Gasteiger charge is -2.17. The molecule has 0 radical (unpaired) electrons. The van der Waals surface area contributed by atoms with Crippen molar-refractivity contribution >= 4 is 33.6 Å². The van der Waals surface area contributed by atoms with E-state index < -0.39 is 11.5 Å². The van der Waals surface area contributed by atoms with Gasteiger partial charge in [0.15, 0.2) is 23.0 Å². The number of nitrogens with one attached hydrogen (secondary N) is 4. The van der Waals surface area contributed by atoms with E-state index in [9.17, 15) is 30.0 Å². The second-order valence-corrected chi connectivity index (χ2v) is 19.4. The first-order valence-electron chi connectivity index (χ1n) is 27.2. The third kappa shape index (κ3) is 20.8. The van der Waals surface area contributed by atoms with Gasteiger partial charge < -0.3 is 41.7 Å². The summed E-state index contributed by atoms with van der Waals surface area (Å²) in [7, 11) is 0. The Morgan fingerprint density at radius 1 is 0.368 bits per heavy atom. The number of amides is 4. The number of fused-ring (bicyclic) bond motifs is 2. The lowest BCUT2D eigenvalue weighted by atomic mass is 9.90. The van der Waals surface area contributed by atoms with Crippen LogP contribution in [-0.4, -0.2) is 58.7 Å². The maximum absolute atomic E-state index is 12.5. The van der Waals surface area contributed by atoms with Crippen LogP contribution in [0.3, 0.4) is 0 Å². The van der Waals surface area contributed by atoms with Crippen LogP contribution in [0.25, 0.3) is 32.7 Å². The molecule has 378 valence electrons. The van der Waals surface area contributed by atoms with E-state index in [2.05, 4.69) is 35.1 Å². The minimum Gasteiger partial charge on any atom is -0.504 e. The van der Waals surface area contributed by atoms with Gasteiger partial charge in [0, 0.05) is 37.3 Å². The van der Waals surface area contributed by atoms with Gasteiger partial charge in [-0.25, -0.2) is 9.59 Å². The summed E-state index contributed by atoms with van der Waals surface area (Å²) in [5.74, 6) is -1.52. The number of phenols is 4. The fourth-order valence-electron chi connectivity index (χ4n) is 9.49. The molecule has 0 saturated heterocycles. The average molecular weight is 939 g/mol. The molecule has 10 heteroatoms. The number of phenolic OH excluding ortho intramolecular Hbond substituents is 4. The average Bonchev–Trinajstić information content (AvgIpc) is 3.32. The maximum atomic E-state index is 12.5. The number of carbonyl (C=O) groups is 2. The fourth-order valence-corrected chi connectivity index (χ4v) is 9.49. The van der Waals surface area contributed by atoms with Crippen molar-refractivity contribution in [2.75, 3.05) is 26.2 Å². The van der Waals surface area contributed by atoms with Crippen molar-refractivity contribution in [3.63, 3.8) is 0 Å². The van der Waals surface area contributed by atoms with E-state index in [0.717, 1.165) is 36.8 Å². The van der Waals surface area contributed by atoms with E-state index >= 15 is 0 Å². The quantitative estimate of drug-likeness (QED) is 0.0166. The van der Waals surface area contributed by atoms with Gasteiger partial charge in [0.25, 0.3) is 0 Å². The number of unbranched alkanes of at least 4 members (excludes halogenated alkanes) is 26. The molecule has 4 amide bonds. The third-order valence-electron chi connectivity index (χ3n) is 13.6. The molecule has 0 spiro atoms. The van der Waals surface area contributed by atoms with Crippen molar-refractivity contribution in [3.8, 4) is 34.1 Å². The number of aromatic hydroxyl groups is 4. The highest BCUT2D eigenvalue weighted by Crippen LogP contribution is 2.51. The van der Waals surface area contributed by atoms with Crippen LogP contribution in [0.4, 0.5) is 9.59 Å². The Kier molecular flexibility index (Phi) is 27.5. The summed E-state index contributed by atoms with van der Waals surface area (Å²) in [5.41, 5.74) is 2.26. The van der Waals surface area contributed by atoms with Gasteiger partial charge in [-0.2, -0.15) is 0 Å². The first-order valence-corrected chi connectivity index (χ1v) is 27.2. The third-order valence-corrected chi connectivity index (χ3v) is 13.6. The van der Waals surface area contributed by atoms with E-state index in [1.54, 1.807) is 0 Å². The smallest absolute Gasteiger partial charge is 0.314 e. The zero-order valence-electron chi connectivity index (χ0n) is 42.3. The topological polar surface area (TPSA) is 163 Å². The zero-order chi connectivity index (χ0) is 48.6. The number of carbonyl (C=O) groups excluding carboxylic acids is 2. The minimum atomic E-state index is -0.405. The normalized spacial score (nSPS) is 11.4. The molecular formula is C58H90N4O6. The summed E-state index contributed by atoms with van der Waals surface area (Å²) >= 11 is 0. The minimum absolute atomic E-state index is 0.188. The van der Waals surface area contributed by atoms with Crippen LogP contribution in [0.15, 0.2) is 48.5 Å². The molecule has 0 heterocycles. The van der Waals surface area contributed by atoms with Crippen molar-refractivity contribution in [2.45, 2.75) is 206 Å². The molecule has 10 nitrogen and oxygen atoms in total. The second kappa shape index (κ2) is 33.6. The van der Waals surface area contributed by atoms with Crippen LogP contribution >= 0.6 is 0 Å². The Morgan fingerprint density at radius 3 is 0.956 bits per heavy atom. The Morgan fingerprint density at radius 2 is 0.647 bits per heavy atom. The predicted octanol–water partition coefficient (Wildman–Crippen LogP) is 15.1. The van der Waals surface area contributed by atoms with Crippen LogP contribution in [0, 0.1) is 0 Å². The number of hydrogen-bond donors (Lipinski definition) is 8. The lowest BCUT2D eigenvalue weighted by molar-refractivity contribution is 0.240. The summed E-state index contributed by atoms with van der Waals surface area (Å²) < 4.78 is 0. The highest BCUT2D eigenvalue weighted by atomic mass is 16.3. The molecule has 0 fully saturated rings. The monoisotopic (exact) mass is 939 g/mol. The van der Waals surface area contributed by atoms with E-state index in [4.69, 9.17) is 0 Å². The molecule has 0 aliphatic carbocycles. The van der Waals surface area contributed by atoms with Crippen molar-refractivity contribution in [1.82, 2.24) is 21.3 Å². The number of benzene rings is 4. The molecule has 0 aromatic heterocycles. The summed E-state index contributed by atoms with van der Waals surface area (Å²) in [6.45, 7) is 6.68. The van der Waals surface area contributed by atoms with Crippen LogP contribution in [0.5, 0.6) is 23.0 Å². The van der Waals surface area contributed by atoms with E-state index in [0.29, 0.717) is 60.6 Å². The first kappa shape index (κ1) is 55.7. The zero-order valence-corrected chi connectivity index (χ0v) is 42.3. The Labute approximate surface area is 409 Å². The highest BCUT2D eigenvalue weighted by Gasteiger charge is 2.22. The van der Waals surface area contributed by atoms with Crippen LogP contribution < -0.4 is 21.3 Å². The lowest BCUT2D eigenvalue weighted by Crippen LogP contribution is -2.37. The van der Waals surface area contributed by atoms with Gasteiger partial charge in [0.2, 0.25) is 0 Å². The van der Waals surface area contributed by atoms with Crippen molar-refractivity contribution < 1.29 is 30.0 Å². The largest absolute Gasteiger partial charge is 0.504 e. The molecule has 4 aromatic rings. The molecule has 0 atom stereocenters. The van der Waals surface area contributed by atoms with Crippen LogP contribution in [-0.2, 0) is 12.8 Å². The van der Waals surface area contributed by atoms with Crippen LogP contribution in [0.1, 0.15) is 205 Å². The van der Waals surface area contributed by atoms with E-state index in [-0.39, 0.29) is 34.7 Å². The molecule has 0 unspecified atom stereocenters. The molecule has 8 N–H and O–H groups in total. The first-order chi connectivity index (χ1) is 33.2. The number of urea groups is 2. The number of hydrogen-bond acceptors (Lipinski definition) is 6. The Balaban J connectivity index is 1.17. The summed E-state index contributed by atoms with van der Waals surface area (Å²) in [6.07, 6.45) is 37.4. The summed E-state index contributed by atoms with van der Waals surface area (Å²) in [4.78, 5) is 25.0. The van der Waals surface area contributed by atoms with Gasteiger partial charge >= 0.3 is 12.1 Å². The Bertz CT molecular complexity index is 1910. The predicted molar refractivity (Wildman–Crippen MR) is 284 cm³/mol. The molecule has 0 bridgehead atoms. The maximum Gasteiger partial charge on any atom is 0.314 e. The molecule has 68 heavy (non-hydrogen) atoms. The van der Waals surface area contributed by atoms with Gasteiger partial charge in [-0.15, -0.1) is 0 Å². The second-order valence-electron chi connectivity index (χ2n) is 19.4. The highest BCUT2D eigenvalue weighted by molar-refractivity contribution is 6.11. The SMILES string of the molecule is CCCCCCCCCCCCCCCCNC(=O)NCCc1ccc2c(-c3c(O)c(O)cc4cc(CCNC(=O)NCCCCCCCCCCCCCCCC)ccc34)c(O)c(O)cc2c1. The van der Waals surface area contributed by atoms with E-state index in [1.807, 2.05) is 36.4 Å². The van der Waals surface area contributed by atoms with Gasteiger partial charge in [0.05, 0.1) is 0 Å². The standard InChI is InChI=1S/C58H90N4O6/c1-3-5-7-9-11-13-15-17-19-21-23-25-27-29-37-59-57(67)61-39-35-45-31-33-49-47(41-45)43-51(63)55(65)53(49)54-50-34-32-46(42-48(50)44-52(64)56(54)66)36-40-62-58(68)60-38-30-28-26-24-22-20-18-16-14-12-10-8-6-4-2/h31-34,41-44,63-66H,3-30,35-40H2,1-2H3,(H2,59,61,67)(H2,60,62,68). The molecule has 0 aliphatic rings. The van der Waals surface area contributed by atoms with E-state index in [1.165, 1.54) is 166 Å². The molecule has 0 aliphatic heterocycles. The molecule has 0 saturated carbocycles. The van der Waals surface area contributed by atoms with Crippen molar-refractivity contribution in [1.29, 1.82) is 0 Å². The Hall–Kier alpha value is -4.86. The van der Waals surface area contributed by atoms with Gasteiger partial charge in [-0.05, 0) is 70.5 Å². The van der Waals surface area contributed by atoms with Crippen molar-refractivity contribution in [2.24, 2.45) is 0 Å². The van der Waals surface area contributed by atoms with Crippen molar-refractivity contribution in [3.05, 3.63) is 59.7 Å².